The molecule has 1 saturated heterocycles. The molecular weight excluding hydrogens is 410 g/mol. The lowest BCUT2D eigenvalue weighted by molar-refractivity contribution is -0.385. The third-order valence-electron chi connectivity index (χ3n) is 3.89. The molecule has 9 heteroatoms. The predicted octanol–water partition coefficient (Wildman–Crippen LogP) is 3.63. The van der Waals surface area contributed by atoms with Crippen LogP contribution in [-0.2, 0) is 16.0 Å². The molecule has 1 aliphatic heterocycles. The van der Waals surface area contributed by atoms with Gasteiger partial charge in [0.05, 0.1) is 21.8 Å². The maximum absolute atomic E-state index is 12.5. The van der Waals surface area contributed by atoms with Gasteiger partial charge in [-0.05, 0) is 36.0 Å². The number of hydrogen-bond acceptors (Lipinski definition) is 6. The van der Waals surface area contributed by atoms with Crippen LogP contribution in [0.2, 0.25) is 0 Å². The Morgan fingerprint density at radius 3 is 2.59 bits per heavy atom. The minimum atomic E-state index is -0.471. The van der Waals surface area contributed by atoms with Crippen molar-refractivity contribution in [3.8, 4) is 0 Å². The van der Waals surface area contributed by atoms with E-state index < -0.39 is 10.8 Å². The van der Waals surface area contributed by atoms with Crippen molar-refractivity contribution in [2.45, 2.75) is 6.42 Å². The first-order valence-electron chi connectivity index (χ1n) is 8.47. The molecule has 2 aromatic carbocycles. The maximum atomic E-state index is 12.5. The topological polar surface area (TPSA) is 92.6 Å². The largest absolute Gasteiger partial charge is 0.285 e. The number of nitro groups is 1. The summed E-state index contributed by atoms with van der Waals surface area (Å²) in [6.07, 6.45) is 4.72. The molecule has 0 bridgehead atoms. The van der Waals surface area contributed by atoms with Gasteiger partial charge in [0.1, 0.15) is 0 Å². The molecule has 2 amide bonds. The predicted molar refractivity (Wildman–Crippen MR) is 116 cm³/mol. The summed E-state index contributed by atoms with van der Waals surface area (Å²) in [7, 11) is 0. The van der Waals surface area contributed by atoms with E-state index in [2.05, 4.69) is 5.43 Å². The molecule has 1 N–H and O–H groups in total. The van der Waals surface area contributed by atoms with Crippen molar-refractivity contribution >= 4 is 51.9 Å². The second-order valence-corrected chi connectivity index (χ2v) is 7.59. The van der Waals surface area contributed by atoms with Gasteiger partial charge in [-0.3, -0.25) is 25.1 Å². The molecule has 0 spiro atoms. The summed E-state index contributed by atoms with van der Waals surface area (Å²) in [6, 6.07) is 15.4. The van der Waals surface area contributed by atoms with Crippen molar-refractivity contribution in [3.63, 3.8) is 0 Å². The van der Waals surface area contributed by atoms with E-state index in [-0.39, 0.29) is 22.3 Å². The fourth-order valence-corrected chi connectivity index (χ4v) is 3.69. The summed E-state index contributed by atoms with van der Waals surface area (Å²) in [4.78, 5) is 35.6. The third kappa shape index (κ3) is 5.15. The first kappa shape index (κ1) is 20.4. The van der Waals surface area contributed by atoms with Crippen LogP contribution >= 0.6 is 24.0 Å². The number of allylic oxidation sites excluding steroid dienone is 2. The second-order valence-electron chi connectivity index (χ2n) is 5.91. The van der Waals surface area contributed by atoms with Crippen molar-refractivity contribution < 1.29 is 14.5 Å². The zero-order chi connectivity index (χ0) is 20.8. The van der Waals surface area contributed by atoms with Gasteiger partial charge in [-0.15, -0.1) is 0 Å². The van der Waals surface area contributed by atoms with Crippen LogP contribution in [0.4, 0.5) is 5.69 Å². The van der Waals surface area contributed by atoms with Crippen molar-refractivity contribution in [3.05, 3.63) is 92.9 Å². The number of amides is 2. The molecule has 29 heavy (non-hydrogen) atoms. The van der Waals surface area contributed by atoms with Gasteiger partial charge in [-0.25, -0.2) is 0 Å². The number of nitro benzene ring substituents is 1. The number of para-hydroxylation sites is 1. The van der Waals surface area contributed by atoms with Gasteiger partial charge in [0, 0.05) is 6.07 Å². The number of thioether (sulfide) groups is 1. The van der Waals surface area contributed by atoms with E-state index in [4.69, 9.17) is 12.2 Å². The van der Waals surface area contributed by atoms with Crippen molar-refractivity contribution in [2.75, 3.05) is 0 Å². The Bertz CT molecular complexity index is 1040. The highest BCUT2D eigenvalue weighted by molar-refractivity contribution is 8.26. The van der Waals surface area contributed by atoms with E-state index in [1.165, 1.54) is 12.1 Å². The van der Waals surface area contributed by atoms with Gasteiger partial charge in [0.2, 0.25) is 5.91 Å². The molecule has 2 aromatic rings. The lowest BCUT2D eigenvalue weighted by Crippen LogP contribution is -2.45. The fraction of sp³-hybridized carbons (Fsp3) is 0.0500. The number of nitrogens with zero attached hydrogens (tertiary/aromatic N) is 2. The first-order chi connectivity index (χ1) is 14.0. The fourth-order valence-electron chi connectivity index (χ4n) is 2.56. The quantitative estimate of drug-likeness (QED) is 0.329. The van der Waals surface area contributed by atoms with Crippen LogP contribution in [0.25, 0.3) is 6.08 Å². The minimum Gasteiger partial charge on any atom is -0.273 e. The third-order valence-corrected chi connectivity index (χ3v) is 5.21. The molecule has 1 fully saturated rings. The summed E-state index contributed by atoms with van der Waals surface area (Å²) < 4.78 is 0.210. The van der Waals surface area contributed by atoms with Crippen molar-refractivity contribution in [1.82, 2.24) is 10.4 Å². The standard InChI is InChI=1S/C20H15N3O4S2/c24-18(13-14-7-2-1-3-8-14)21-22-19(25)17(29-20(22)28)12-6-10-15-9-4-5-11-16(15)23(26)27/h1-12H,13H2,(H,21,24)/b10-6+,17-12-. The number of carbonyl (C=O) groups is 2. The van der Waals surface area contributed by atoms with Gasteiger partial charge in [0.15, 0.2) is 4.32 Å². The Kier molecular flexibility index (Phi) is 6.53. The summed E-state index contributed by atoms with van der Waals surface area (Å²) in [6.45, 7) is 0. The van der Waals surface area contributed by atoms with Crippen molar-refractivity contribution in [1.29, 1.82) is 0 Å². The summed E-state index contributed by atoms with van der Waals surface area (Å²) in [5.74, 6) is -0.808. The Morgan fingerprint density at radius 1 is 1.17 bits per heavy atom. The first-order valence-corrected chi connectivity index (χ1v) is 9.69. The van der Waals surface area contributed by atoms with Crippen LogP contribution in [0, 0.1) is 10.1 Å². The molecule has 3 rings (SSSR count). The summed E-state index contributed by atoms with van der Waals surface area (Å²) in [5, 5.41) is 12.1. The molecule has 1 heterocycles. The molecule has 146 valence electrons. The molecule has 0 radical (unpaired) electrons. The van der Waals surface area contributed by atoms with Gasteiger partial charge in [0.25, 0.3) is 11.6 Å². The number of rotatable bonds is 6. The molecule has 0 unspecified atom stereocenters. The molecule has 0 atom stereocenters. The van der Waals surface area contributed by atoms with E-state index in [1.54, 1.807) is 30.4 Å². The van der Waals surface area contributed by atoms with E-state index >= 15 is 0 Å². The highest BCUT2D eigenvalue weighted by atomic mass is 32.2. The summed E-state index contributed by atoms with van der Waals surface area (Å²) in [5.41, 5.74) is 3.72. The number of thiocarbonyl (C=S) groups is 1. The summed E-state index contributed by atoms with van der Waals surface area (Å²) >= 11 is 6.22. The van der Waals surface area contributed by atoms with Crippen LogP contribution in [-0.4, -0.2) is 26.1 Å². The average Bonchev–Trinajstić information content (AvgIpc) is 2.96. The van der Waals surface area contributed by atoms with Crippen LogP contribution in [0.1, 0.15) is 11.1 Å². The molecule has 0 aliphatic carbocycles. The smallest absolute Gasteiger partial charge is 0.273 e. The van der Waals surface area contributed by atoms with Gasteiger partial charge >= 0.3 is 0 Å². The number of benzene rings is 2. The van der Waals surface area contributed by atoms with E-state index in [0.29, 0.717) is 10.5 Å². The number of hydrazine groups is 1. The number of carbonyl (C=O) groups excluding carboxylic acids is 2. The van der Waals surface area contributed by atoms with E-state index in [9.17, 15) is 19.7 Å². The van der Waals surface area contributed by atoms with Gasteiger partial charge in [-0.2, -0.15) is 5.01 Å². The van der Waals surface area contributed by atoms with Crippen LogP contribution < -0.4 is 5.43 Å². The number of hydrogen-bond donors (Lipinski definition) is 1. The minimum absolute atomic E-state index is 0.0297. The highest BCUT2D eigenvalue weighted by Crippen LogP contribution is 2.30. The number of nitrogens with one attached hydrogen (secondary N) is 1. The van der Waals surface area contributed by atoms with Crippen LogP contribution in [0.3, 0.4) is 0 Å². The molecule has 7 nitrogen and oxygen atoms in total. The Labute approximate surface area is 176 Å². The molecule has 0 saturated carbocycles. The lowest BCUT2D eigenvalue weighted by atomic mass is 10.1. The Hall–Kier alpha value is -3.30. The normalized spacial score (nSPS) is 15.3. The Balaban J connectivity index is 1.67. The van der Waals surface area contributed by atoms with Crippen LogP contribution in [0.5, 0.6) is 0 Å². The monoisotopic (exact) mass is 425 g/mol. The Morgan fingerprint density at radius 2 is 1.86 bits per heavy atom. The van der Waals surface area contributed by atoms with Gasteiger partial charge < -0.3 is 0 Å². The van der Waals surface area contributed by atoms with E-state index in [0.717, 1.165) is 22.3 Å². The van der Waals surface area contributed by atoms with Crippen molar-refractivity contribution in [2.24, 2.45) is 0 Å². The van der Waals surface area contributed by atoms with Crippen LogP contribution in [0.15, 0.2) is 71.7 Å². The molecular formula is C20H15N3O4S2. The van der Waals surface area contributed by atoms with E-state index in [1.807, 2.05) is 30.3 Å². The second kappa shape index (κ2) is 9.26. The average molecular weight is 425 g/mol. The SMILES string of the molecule is O=C(Cc1ccccc1)NN1C(=O)/C(=C/C=C/c2ccccc2[N+](=O)[O-])SC1=S. The lowest BCUT2D eigenvalue weighted by Gasteiger charge is -2.15. The zero-order valence-electron chi connectivity index (χ0n) is 15.0. The molecule has 1 aliphatic rings. The highest BCUT2D eigenvalue weighted by Gasteiger charge is 2.33. The maximum Gasteiger partial charge on any atom is 0.285 e. The zero-order valence-corrected chi connectivity index (χ0v) is 16.6. The van der Waals surface area contributed by atoms with Gasteiger partial charge in [-0.1, -0.05) is 60.3 Å². The molecule has 0 aromatic heterocycles.